The van der Waals surface area contributed by atoms with Crippen LogP contribution in [0.15, 0.2) is 48.5 Å². The Labute approximate surface area is 137 Å². The molecule has 2 aromatic carbocycles. The van der Waals surface area contributed by atoms with Gasteiger partial charge in [0.2, 0.25) is 11.8 Å². The lowest BCUT2D eigenvalue weighted by atomic mass is 10.1. The molecule has 0 spiro atoms. The van der Waals surface area contributed by atoms with E-state index in [1.807, 2.05) is 12.1 Å². The predicted octanol–water partition coefficient (Wildman–Crippen LogP) is 3.56. The third-order valence-electron chi connectivity index (χ3n) is 3.50. The summed E-state index contributed by atoms with van der Waals surface area (Å²) in [5.74, 6) is -0.359. The molecular weight excluding hydrogens is 315 g/mol. The number of para-hydroxylation sites is 1. The number of benzene rings is 2. The van der Waals surface area contributed by atoms with E-state index in [1.54, 1.807) is 30.3 Å². The van der Waals surface area contributed by atoms with Crippen LogP contribution in [0.3, 0.4) is 0 Å². The van der Waals surface area contributed by atoms with E-state index in [0.29, 0.717) is 17.1 Å². The summed E-state index contributed by atoms with van der Waals surface area (Å²) in [5.41, 5.74) is 1.87. The van der Waals surface area contributed by atoms with Crippen LogP contribution in [0, 0.1) is 5.82 Å². The first-order valence-electron chi connectivity index (χ1n) is 7.12. The Hall–Kier alpha value is -2.34. The highest BCUT2D eigenvalue weighted by atomic mass is 32.2. The Bertz CT molecular complexity index is 749. The van der Waals surface area contributed by atoms with Crippen LogP contribution in [0.5, 0.6) is 0 Å². The van der Waals surface area contributed by atoms with Crippen LogP contribution in [-0.2, 0) is 9.59 Å². The van der Waals surface area contributed by atoms with Crippen molar-refractivity contribution < 1.29 is 14.0 Å². The number of nitrogens with zero attached hydrogens (tertiary/aromatic N) is 1. The van der Waals surface area contributed by atoms with Gasteiger partial charge in [-0.2, -0.15) is 0 Å². The second-order valence-electron chi connectivity index (χ2n) is 5.18. The maximum absolute atomic E-state index is 14.1. The Kier molecular flexibility index (Phi) is 4.34. The van der Waals surface area contributed by atoms with Crippen molar-refractivity contribution in [3.8, 4) is 0 Å². The van der Waals surface area contributed by atoms with E-state index in [4.69, 9.17) is 0 Å². The first-order chi connectivity index (χ1) is 11.1. The molecule has 2 amide bonds. The third-order valence-corrected chi connectivity index (χ3v) is 4.71. The van der Waals surface area contributed by atoms with Crippen molar-refractivity contribution >= 4 is 35.0 Å². The van der Waals surface area contributed by atoms with Crippen molar-refractivity contribution in [2.75, 3.05) is 16.0 Å². The molecule has 118 valence electrons. The van der Waals surface area contributed by atoms with Gasteiger partial charge in [0.15, 0.2) is 0 Å². The fourth-order valence-corrected chi connectivity index (χ4v) is 3.68. The van der Waals surface area contributed by atoms with E-state index < -0.39 is 5.82 Å². The standard InChI is InChI=1S/C17H15FN2O2S/c1-11(21)19-13-8-6-12(7-9-13)17-20(16(22)10-23-17)15-5-3-2-4-14(15)18/h2-9,17H,10H2,1H3,(H,19,21). The summed E-state index contributed by atoms with van der Waals surface area (Å²) in [6, 6.07) is 13.5. The predicted molar refractivity (Wildman–Crippen MR) is 89.8 cm³/mol. The van der Waals surface area contributed by atoms with Gasteiger partial charge >= 0.3 is 0 Å². The average Bonchev–Trinajstić information content (AvgIpc) is 2.90. The molecule has 4 nitrogen and oxygen atoms in total. The highest BCUT2D eigenvalue weighted by Gasteiger charge is 2.35. The van der Waals surface area contributed by atoms with Crippen LogP contribution in [0.4, 0.5) is 15.8 Å². The highest BCUT2D eigenvalue weighted by Crippen LogP contribution is 2.42. The molecule has 0 radical (unpaired) electrons. The SMILES string of the molecule is CC(=O)Nc1ccc(C2SCC(=O)N2c2ccccc2F)cc1. The van der Waals surface area contributed by atoms with Crippen molar-refractivity contribution in [2.45, 2.75) is 12.3 Å². The largest absolute Gasteiger partial charge is 0.326 e. The zero-order chi connectivity index (χ0) is 16.4. The second kappa shape index (κ2) is 6.42. The molecule has 1 fully saturated rings. The Morgan fingerprint density at radius 1 is 1.22 bits per heavy atom. The van der Waals surface area contributed by atoms with Gasteiger partial charge in [0.25, 0.3) is 0 Å². The number of amides is 2. The molecule has 2 aromatic rings. The van der Waals surface area contributed by atoms with Crippen molar-refractivity contribution in [2.24, 2.45) is 0 Å². The Morgan fingerprint density at radius 3 is 2.57 bits per heavy atom. The number of halogens is 1. The topological polar surface area (TPSA) is 49.4 Å². The van der Waals surface area contributed by atoms with Gasteiger partial charge in [-0.25, -0.2) is 4.39 Å². The lowest BCUT2D eigenvalue weighted by Crippen LogP contribution is -2.28. The number of carbonyl (C=O) groups excluding carboxylic acids is 2. The summed E-state index contributed by atoms with van der Waals surface area (Å²) in [7, 11) is 0. The summed E-state index contributed by atoms with van der Waals surface area (Å²) in [6.45, 7) is 1.44. The van der Waals surface area contributed by atoms with Crippen LogP contribution in [0.1, 0.15) is 17.9 Å². The van der Waals surface area contributed by atoms with Gasteiger partial charge in [-0.1, -0.05) is 24.3 Å². The summed E-state index contributed by atoms with van der Waals surface area (Å²) in [6.07, 6.45) is 0. The van der Waals surface area contributed by atoms with Gasteiger partial charge in [-0.3, -0.25) is 14.5 Å². The maximum atomic E-state index is 14.1. The van der Waals surface area contributed by atoms with E-state index in [1.165, 1.54) is 29.7 Å². The first-order valence-corrected chi connectivity index (χ1v) is 8.17. The van der Waals surface area contributed by atoms with E-state index >= 15 is 0 Å². The maximum Gasteiger partial charge on any atom is 0.238 e. The molecule has 1 unspecified atom stereocenters. The normalized spacial score (nSPS) is 17.4. The molecule has 0 aromatic heterocycles. The number of carbonyl (C=O) groups is 2. The summed E-state index contributed by atoms with van der Waals surface area (Å²) >= 11 is 1.46. The molecule has 1 heterocycles. The first kappa shape index (κ1) is 15.6. The molecule has 6 heteroatoms. The van der Waals surface area contributed by atoms with Crippen LogP contribution < -0.4 is 10.2 Å². The van der Waals surface area contributed by atoms with Crippen LogP contribution >= 0.6 is 11.8 Å². The molecule has 1 saturated heterocycles. The van der Waals surface area contributed by atoms with Gasteiger partial charge in [-0.15, -0.1) is 11.8 Å². The third kappa shape index (κ3) is 3.22. The summed E-state index contributed by atoms with van der Waals surface area (Å²) in [5, 5.41) is 2.42. The van der Waals surface area contributed by atoms with Gasteiger partial charge in [0.1, 0.15) is 11.2 Å². The molecule has 1 aliphatic heterocycles. The Morgan fingerprint density at radius 2 is 1.91 bits per heavy atom. The fraction of sp³-hybridized carbons (Fsp3) is 0.176. The minimum Gasteiger partial charge on any atom is -0.326 e. The number of anilines is 2. The quantitative estimate of drug-likeness (QED) is 0.936. The lowest BCUT2D eigenvalue weighted by molar-refractivity contribution is -0.116. The molecule has 0 saturated carbocycles. The van der Waals surface area contributed by atoms with E-state index in [2.05, 4.69) is 5.32 Å². The van der Waals surface area contributed by atoms with E-state index in [-0.39, 0.29) is 17.2 Å². The molecule has 3 rings (SSSR count). The van der Waals surface area contributed by atoms with Crippen molar-refractivity contribution in [3.05, 3.63) is 59.9 Å². The molecule has 1 aliphatic rings. The van der Waals surface area contributed by atoms with Gasteiger partial charge in [0, 0.05) is 12.6 Å². The number of hydrogen-bond donors (Lipinski definition) is 1. The number of nitrogens with one attached hydrogen (secondary N) is 1. The van der Waals surface area contributed by atoms with Gasteiger partial charge in [-0.05, 0) is 29.8 Å². The molecule has 0 bridgehead atoms. The molecule has 23 heavy (non-hydrogen) atoms. The molecule has 0 aliphatic carbocycles. The fourth-order valence-electron chi connectivity index (χ4n) is 2.51. The zero-order valence-corrected chi connectivity index (χ0v) is 13.3. The molecular formula is C17H15FN2O2S. The number of hydrogen-bond acceptors (Lipinski definition) is 3. The number of rotatable bonds is 3. The van der Waals surface area contributed by atoms with E-state index in [9.17, 15) is 14.0 Å². The lowest BCUT2D eigenvalue weighted by Gasteiger charge is -2.24. The minimum atomic E-state index is -0.414. The van der Waals surface area contributed by atoms with Crippen LogP contribution in [0.25, 0.3) is 0 Å². The number of thioether (sulfide) groups is 1. The van der Waals surface area contributed by atoms with Crippen LogP contribution in [-0.4, -0.2) is 17.6 Å². The van der Waals surface area contributed by atoms with E-state index in [0.717, 1.165) is 5.56 Å². The van der Waals surface area contributed by atoms with Gasteiger partial charge in [0.05, 0.1) is 11.4 Å². The minimum absolute atomic E-state index is 0.115. The van der Waals surface area contributed by atoms with Crippen molar-refractivity contribution in [1.82, 2.24) is 0 Å². The van der Waals surface area contributed by atoms with Crippen molar-refractivity contribution in [1.29, 1.82) is 0 Å². The summed E-state index contributed by atoms with van der Waals surface area (Å²) in [4.78, 5) is 24.8. The van der Waals surface area contributed by atoms with Gasteiger partial charge < -0.3 is 5.32 Å². The smallest absolute Gasteiger partial charge is 0.238 e. The zero-order valence-electron chi connectivity index (χ0n) is 12.5. The second-order valence-corrected chi connectivity index (χ2v) is 6.25. The average molecular weight is 330 g/mol. The molecule has 1 atom stereocenters. The monoisotopic (exact) mass is 330 g/mol. The molecule has 1 N–H and O–H groups in total. The Balaban J connectivity index is 1.90. The summed E-state index contributed by atoms with van der Waals surface area (Å²) < 4.78 is 14.1. The van der Waals surface area contributed by atoms with Crippen molar-refractivity contribution in [3.63, 3.8) is 0 Å². The highest BCUT2D eigenvalue weighted by molar-refractivity contribution is 8.00. The van der Waals surface area contributed by atoms with Crippen LogP contribution in [0.2, 0.25) is 0 Å².